The lowest BCUT2D eigenvalue weighted by Crippen LogP contribution is -2.03. The number of aromatic carboxylic acids is 1. The number of hydrogen-bond acceptors (Lipinski definition) is 2. The molecule has 2 rings (SSSR count). The van der Waals surface area contributed by atoms with Crippen molar-refractivity contribution >= 4 is 17.6 Å². The molecule has 0 saturated heterocycles. The lowest BCUT2D eigenvalue weighted by molar-refractivity contribution is 0.0691. The van der Waals surface area contributed by atoms with Crippen LogP contribution in [0.4, 0.5) is 8.78 Å². The van der Waals surface area contributed by atoms with Gasteiger partial charge < -0.3 is 9.84 Å². The van der Waals surface area contributed by atoms with Crippen LogP contribution < -0.4 is 4.74 Å². The molecule has 2 aromatic carbocycles. The summed E-state index contributed by atoms with van der Waals surface area (Å²) in [6.07, 6.45) is 0. The van der Waals surface area contributed by atoms with Crippen molar-refractivity contribution in [3.63, 3.8) is 0 Å². The summed E-state index contributed by atoms with van der Waals surface area (Å²) in [4.78, 5) is 10.8. The predicted molar refractivity (Wildman–Crippen MR) is 69.1 cm³/mol. The van der Waals surface area contributed by atoms with Gasteiger partial charge in [0.25, 0.3) is 0 Å². The Morgan fingerprint density at radius 2 is 1.95 bits per heavy atom. The van der Waals surface area contributed by atoms with E-state index < -0.39 is 23.2 Å². The maximum Gasteiger partial charge on any atom is 0.338 e. The van der Waals surface area contributed by atoms with Crippen LogP contribution >= 0.6 is 11.6 Å². The van der Waals surface area contributed by atoms with E-state index in [0.717, 1.165) is 12.1 Å². The second kappa shape index (κ2) is 5.88. The molecule has 6 heteroatoms. The molecule has 0 fully saturated rings. The highest BCUT2D eigenvalue weighted by Crippen LogP contribution is 2.25. The van der Waals surface area contributed by atoms with Gasteiger partial charge in [-0.1, -0.05) is 17.7 Å². The SMILES string of the molecule is O=C(O)c1cc(COc2ccc(F)cc2Cl)ccc1F. The molecule has 0 aliphatic carbocycles. The highest BCUT2D eigenvalue weighted by Gasteiger charge is 2.11. The molecule has 1 N–H and O–H groups in total. The van der Waals surface area contributed by atoms with E-state index in [1.807, 2.05) is 0 Å². The van der Waals surface area contributed by atoms with Crippen molar-refractivity contribution in [2.45, 2.75) is 6.61 Å². The lowest BCUT2D eigenvalue weighted by atomic mass is 10.1. The fourth-order valence-corrected chi connectivity index (χ4v) is 1.80. The van der Waals surface area contributed by atoms with Crippen molar-refractivity contribution in [1.82, 2.24) is 0 Å². The Kier molecular flexibility index (Phi) is 4.20. The van der Waals surface area contributed by atoms with Gasteiger partial charge in [0, 0.05) is 0 Å². The number of rotatable bonds is 4. The second-order valence-electron chi connectivity index (χ2n) is 3.98. The molecule has 0 heterocycles. The first-order valence-corrected chi connectivity index (χ1v) is 5.95. The van der Waals surface area contributed by atoms with E-state index in [4.69, 9.17) is 21.4 Å². The van der Waals surface area contributed by atoms with E-state index in [1.165, 1.54) is 24.3 Å². The summed E-state index contributed by atoms with van der Waals surface area (Å²) in [7, 11) is 0. The molecule has 3 nitrogen and oxygen atoms in total. The Hall–Kier alpha value is -2.14. The number of hydrogen-bond donors (Lipinski definition) is 1. The standard InChI is InChI=1S/C14H9ClF2O3/c15-11-6-9(16)2-4-13(11)20-7-8-1-3-12(17)10(5-8)14(18)19/h1-6H,7H2,(H,18,19). The maximum absolute atomic E-state index is 13.2. The molecule has 0 unspecified atom stereocenters. The summed E-state index contributed by atoms with van der Waals surface area (Å²) in [6.45, 7) is -0.00802. The van der Waals surface area contributed by atoms with E-state index in [1.54, 1.807) is 0 Å². The third-order valence-corrected chi connectivity index (χ3v) is 2.84. The monoisotopic (exact) mass is 298 g/mol. The van der Waals surface area contributed by atoms with Gasteiger partial charge >= 0.3 is 5.97 Å². The molecular weight excluding hydrogens is 290 g/mol. The zero-order valence-electron chi connectivity index (χ0n) is 10.1. The molecule has 0 aliphatic rings. The van der Waals surface area contributed by atoms with E-state index >= 15 is 0 Å². The number of ether oxygens (including phenoxy) is 1. The van der Waals surface area contributed by atoms with Crippen LogP contribution in [0.2, 0.25) is 5.02 Å². The largest absolute Gasteiger partial charge is 0.487 e. The molecule has 0 aromatic heterocycles. The number of carbonyl (C=O) groups is 1. The van der Waals surface area contributed by atoms with Crippen LogP contribution in [0.25, 0.3) is 0 Å². The highest BCUT2D eigenvalue weighted by atomic mass is 35.5. The van der Waals surface area contributed by atoms with Crippen molar-refractivity contribution < 1.29 is 23.4 Å². The molecular formula is C14H9ClF2O3. The Balaban J connectivity index is 2.15. The van der Waals surface area contributed by atoms with Crippen molar-refractivity contribution in [2.75, 3.05) is 0 Å². The Labute approximate surface area is 118 Å². The van der Waals surface area contributed by atoms with E-state index in [-0.39, 0.29) is 17.4 Å². The first-order valence-electron chi connectivity index (χ1n) is 5.57. The van der Waals surface area contributed by atoms with Gasteiger partial charge in [0.05, 0.1) is 10.6 Å². The molecule has 0 bridgehead atoms. The van der Waals surface area contributed by atoms with Gasteiger partial charge in [-0.3, -0.25) is 0 Å². The lowest BCUT2D eigenvalue weighted by Gasteiger charge is -2.09. The van der Waals surface area contributed by atoms with Crippen LogP contribution in [-0.4, -0.2) is 11.1 Å². The van der Waals surface area contributed by atoms with Crippen LogP contribution in [-0.2, 0) is 6.61 Å². The fourth-order valence-electron chi connectivity index (χ4n) is 1.58. The highest BCUT2D eigenvalue weighted by molar-refractivity contribution is 6.32. The van der Waals surface area contributed by atoms with Crippen molar-refractivity contribution in [3.05, 3.63) is 64.2 Å². The van der Waals surface area contributed by atoms with Crippen LogP contribution in [0.15, 0.2) is 36.4 Å². The Bertz CT molecular complexity index is 659. The van der Waals surface area contributed by atoms with Crippen LogP contribution in [0.1, 0.15) is 15.9 Å². The zero-order valence-corrected chi connectivity index (χ0v) is 10.8. The number of halogens is 3. The van der Waals surface area contributed by atoms with Crippen molar-refractivity contribution in [2.24, 2.45) is 0 Å². The average Bonchev–Trinajstić information content (AvgIpc) is 2.39. The molecule has 2 aromatic rings. The summed E-state index contributed by atoms with van der Waals surface area (Å²) in [5, 5.41) is 8.91. The third-order valence-electron chi connectivity index (χ3n) is 2.55. The molecule has 0 radical (unpaired) electrons. The van der Waals surface area contributed by atoms with Crippen LogP contribution in [0.3, 0.4) is 0 Å². The molecule has 0 spiro atoms. The summed E-state index contributed by atoms with van der Waals surface area (Å²) in [5.41, 5.74) is 0.0282. The van der Waals surface area contributed by atoms with Gasteiger partial charge in [0.1, 0.15) is 24.0 Å². The third kappa shape index (κ3) is 3.24. The normalized spacial score (nSPS) is 10.3. The summed E-state index contributed by atoms with van der Waals surface area (Å²) < 4.78 is 31.4. The fraction of sp³-hybridized carbons (Fsp3) is 0.0714. The maximum atomic E-state index is 13.2. The quantitative estimate of drug-likeness (QED) is 0.931. The molecule has 104 valence electrons. The van der Waals surface area contributed by atoms with Gasteiger partial charge in [0.15, 0.2) is 0 Å². The van der Waals surface area contributed by atoms with Gasteiger partial charge in [-0.2, -0.15) is 0 Å². The van der Waals surface area contributed by atoms with E-state index in [0.29, 0.717) is 5.56 Å². The Morgan fingerprint density at radius 3 is 2.60 bits per heavy atom. The van der Waals surface area contributed by atoms with E-state index in [9.17, 15) is 13.6 Å². The summed E-state index contributed by atoms with van der Waals surface area (Å²) in [6, 6.07) is 7.28. The zero-order chi connectivity index (χ0) is 14.7. The smallest absolute Gasteiger partial charge is 0.338 e. The molecule has 20 heavy (non-hydrogen) atoms. The van der Waals surface area contributed by atoms with Gasteiger partial charge in [-0.25, -0.2) is 13.6 Å². The van der Waals surface area contributed by atoms with Crippen molar-refractivity contribution in [3.8, 4) is 5.75 Å². The minimum absolute atomic E-state index is 0.00802. The predicted octanol–water partition coefficient (Wildman–Crippen LogP) is 3.90. The molecule has 0 saturated carbocycles. The van der Waals surface area contributed by atoms with Crippen molar-refractivity contribution in [1.29, 1.82) is 0 Å². The second-order valence-corrected chi connectivity index (χ2v) is 4.39. The first kappa shape index (κ1) is 14.3. The van der Waals surface area contributed by atoms with Crippen LogP contribution in [0, 0.1) is 11.6 Å². The average molecular weight is 299 g/mol. The first-order chi connectivity index (χ1) is 9.47. The molecule has 0 atom stereocenters. The number of carboxylic acids is 1. The van der Waals surface area contributed by atoms with E-state index in [2.05, 4.69) is 0 Å². The Morgan fingerprint density at radius 1 is 1.20 bits per heavy atom. The number of carboxylic acid groups (broad SMARTS) is 1. The molecule has 0 amide bonds. The van der Waals surface area contributed by atoms with Gasteiger partial charge in [0.2, 0.25) is 0 Å². The number of benzene rings is 2. The van der Waals surface area contributed by atoms with Gasteiger partial charge in [-0.05, 0) is 35.9 Å². The minimum atomic E-state index is -1.36. The molecule has 0 aliphatic heterocycles. The minimum Gasteiger partial charge on any atom is -0.487 e. The van der Waals surface area contributed by atoms with Crippen LogP contribution in [0.5, 0.6) is 5.75 Å². The topological polar surface area (TPSA) is 46.5 Å². The summed E-state index contributed by atoms with van der Waals surface area (Å²) >= 11 is 5.78. The van der Waals surface area contributed by atoms with Gasteiger partial charge in [-0.15, -0.1) is 0 Å². The summed E-state index contributed by atoms with van der Waals surface area (Å²) in [5.74, 6) is -2.41.